The molecule has 1 aromatic carbocycles. The maximum atomic E-state index is 10.2. The summed E-state index contributed by atoms with van der Waals surface area (Å²) in [6, 6.07) is 7.97. The van der Waals surface area contributed by atoms with E-state index in [9.17, 15) is 4.79 Å². The molecule has 0 amide bonds. The van der Waals surface area contributed by atoms with E-state index in [1.165, 1.54) is 0 Å². The molecule has 1 aromatic heterocycles. The molecule has 0 aliphatic carbocycles. The van der Waals surface area contributed by atoms with Crippen LogP contribution in [0, 0.1) is 0 Å². The number of hydrogen-bond donors (Lipinski definition) is 0. The van der Waals surface area contributed by atoms with Crippen molar-refractivity contribution in [2.24, 2.45) is 0 Å². The number of fused-ring (bicyclic) bond motifs is 1. The first-order valence-corrected chi connectivity index (χ1v) is 4.26. The van der Waals surface area contributed by atoms with Crippen molar-refractivity contribution in [2.75, 3.05) is 0 Å². The number of rotatable bonds is 3. The number of aryl methyl sites for hydroxylation is 1. The van der Waals surface area contributed by atoms with Crippen LogP contribution in [0.15, 0.2) is 30.5 Å². The Labute approximate surface area is 76.0 Å². The van der Waals surface area contributed by atoms with Crippen LogP contribution < -0.4 is 0 Å². The maximum Gasteiger partial charge on any atom is 0.121 e. The average Bonchev–Trinajstić information content (AvgIpc) is 2.58. The summed E-state index contributed by atoms with van der Waals surface area (Å²) in [5, 5.41) is 5.31. The lowest BCUT2D eigenvalue weighted by Crippen LogP contribution is -1.99. The monoisotopic (exact) mass is 174 g/mol. The molecule has 0 aliphatic heterocycles. The van der Waals surface area contributed by atoms with Gasteiger partial charge in [-0.05, 0) is 6.07 Å². The van der Waals surface area contributed by atoms with Gasteiger partial charge in [0, 0.05) is 18.4 Å². The predicted octanol–water partition coefficient (Wildman–Crippen LogP) is 1.63. The Kier molecular flexibility index (Phi) is 2.08. The molecule has 0 N–H and O–H groups in total. The second-order valence-corrected chi connectivity index (χ2v) is 2.88. The van der Waals surface area contributed by atoms with Crippen LogP contribution in [0.3, 0.4) is 0 Å². The zero-order valence-electron chi connectivity index (χ0n) is 7.18. The average molecular weight is 174 g/mol. The number of carbonyl (C=O) groups is 1. The van der Waals surface area contributed by atoms with Gasteiger partial charge in [0.05, 0.1) is 11.7 Å². The number of aldehydes is 1. The molecule has 0 spiro atoms. The maximum absolute atomic E-state index is 10.2. The van der Waals surface area contributed by atoms with Crippen LogP contribution in [0.4, 0.5) is 0 Å². The smallest absolute Gasteiger partial charge is 0.121 e. The molecule has 3 heteroatoms. The SMILES string of the molecule is O=CCCn1ncc2ccccc21. The third kappa shape index (κ3) is 1.45. The van der Waals surface area contributed by atoms with Crippen LogP contribution in [-0.2, 0) is 11.3 Å². The normalized spacial score (nSPS) is 10.5. The first kappa shape index (κ1) is 7.98. The molecule has 0 fully saturated rings. The number of para-hydroxylation sites is 1. The number of carbonyl (C=O) groups excluding carboxylic acids is 1. The molecule has 0 saturated carbocycles. The van der Waals surface area contributed by atoms with E-state index < -0.39 is 0 Å². The standard InChI is InChI=1S/C10H10N2O/c13-7-3-6-12-10-5-2-1-4-9(10)8-11-12/h1-2,4-5,7-8H,3,6H2. The highest BCUT2D eigenvalue weighted by molar-refractivity contribution is 5.78. The minimum absolute atomic E-state index is 0.520. The fourth-order valence-electron chi connectivity index (χ4n) is 1.38. The Balaban J connectivity index is 2.40. The Morgan fingerprint density at radius 1 is 1.38 bits per heavy atom. The van der Waals surface area contributed by atoms with Crippen LogP contribution in [0.5, 0.6) is 0 Å². The van der Waals surface area contributed by atoms with Crippen molar-refractivity contribution in [3.8, 4) is 0 Å². The van der Waals surface area contributed by atoms with E-state index >= 15 is 0 Å². The van der Waals surface area contributed by atoms with Crippen molar-refractivity contribution < 1.29 is 4.79 Å². The Morgan fingerprint density at radius 2 is 2.23 bits per heavy atom. The van der Waals surface area contributed by atoms with Gasteiger partial charge in [-0.1, -0.05) is 18.2 Å². The van der Waals surface area contributed by atoms with E-state index in [1.807, 2.05) is 35.1 Å². The predicted molar refractivity (Wildman–Crippen MR) is 50.4 cm³/mol. The molecule has 3 nitrogen and oxygen atoms in total. The van der Waals surface area contributed by atoms with E-state index in [1.54, 1.807) is 0 Å². The van der Waals surface area contributed by atoms with E-state index in [2.05, 4.69) is 5.10 Å². The van der Waals surface area contributed by atoms with Gasteiger partial charge in [0.2, 0.25) is 0 Å². The van der Waals surface area contributed by atoms with Gasteiger partial charge in [0.1, 0.15) is 6.29 Å². The van der Waals surface area contributed by atoms with Gasteiger partial charge in [0.25, 0.3) is 0 Å². The lowest BCUT2D eigenvalue weighted by molar-refractivity contribution is -0.108. The lowest BCUT2D eigenvalue weighted by atomic mass is 10.2. The summed E-state index contributed by atoms with van der Waals surface area (Å²) in [5.41, 5.74) is 1.09. The molecule has 2 rings (SSSR count). The van der Waals surface area contributed by atoms with Gasteiger partial charge in [0.15, 0.2) is 0 Å². The molecule has 0 atom stereocenters. The molecule has 0 saturated heterocycles. The Morgan fingerprint density at radius 3 is 3.08 bits per heavy atom. The van der Waals surface area contributed by atoms with Crippen LogP contribution >= 0.6 is 0 Å². The molecule has 0 unspecified atom stereocenters. The van der Waals surface area contributed by atoms with Gasteiger partial charge >= 0.3 is 0 Å². The van der Waals surface area contributed by atoms with Gasteiger partial charge in [-0.2, -0.15) is 5.10 Å². The zero-order chi connectivity index (χ0) is 9.10. The van der Waals surface area contributed by atoms with Gasteiger partial charge in [-0.25, -0.2) is 0 Å². The number of nitrogens with zero attached hydrogens (tertiary/aromatic N) is 2. The van der Waals surface area contributed by atoms with Crippen LogP contribution in [-0.4, -0.2) is 16.1 Å². The number of benzene rings is 1. The van der Waals surface area contributed by atoms with Crippen LogP contribution in [0.25, 0.3) is 10.9 Å². The number of aromatic nitrogens is 2. The van der Waals surface area contributed by atoms with E-state index in [-0.39, 0.29) is 0 Å². The summed E-state index contributed by atoms with van der Waals surface area (Å²) in [6.45, 7) is 0.664. The number of hydrogen-bond acceptors (Lipinski definition) is 2. The highest BCUT2D eigenvalue weighted by atomic mass is 16.1. The second-order valence-electron chi connectivity index (χ2n) is 2.88. The van der Waals surface area contributed by atoms with Crippen molar-refractivity contribution in [3.05, 3.63) is 30.5 Å². The quantitative estimate of drug-likeness (QED) is 0.663. The van der Waals surface area contributed by atoms with Crippen molar-refractivity contribution in [1.82, 2.24) is 9.78 Å². The summed E-state index contributed by atoms with van der Waals surface area (Å²) in [4.78, 5) is 10.2. The summed E-state index contributed by atoms with van der Waals surface area (Å²) < 4.78 is 1.85. The van der Waals surface area contributed by atoms with Gasteiger partial charge < -0.3 is 4.79 Å². The second kappa shape index (κ2) is 3.39. The fourth-order valence-corrected chi connectivity index (χ4v) is 1.38. The van der Waals surface area contributed by atoms with Crippen molar-refractivity contribution >= 4 is 17.2 Å². The highest BCUT2D eigenvalue weighted by Crippen LogP contribution is 2.12. The summed E-state index contributed by atoms with van der Waals surface area (Å²) in [7, 11) is 0. The van der Waals surface area contributed by atoms with E-state index in [4.69, 9.17) is 0 Å². The molecule has 0 radical (unpaired) electrons. The third-order valence-electron chi connectivity index (χ3n) is 2.01. The largest absolute Gasteiger partial charge is 0.303 e. The summed E-state index contributed by atoms with van der Waals surface area (Å²) >= 11 is 0. The molecule has 1 heterocycles. The minimum Gasteiger partial charge on any atom is -0.303 e. The Bertz CT molecular complexity index is 420. The van der Waals surface area contributed by atoms with Crippen molar-refractivity contribution in [1.29, 1.82) is 0 Å². The molecule has 13 heavy (non-hydrogen) atoms. The summed E-state index contributed by atoms with van der Waals surface area (Å²) in [5.74, 6) is 0. The molecule has 66 valence electrons. The van der Waals surface area contributed by atoms with Crippen molar-refractivity contribution in [2.45, 2.75) is 13.0 Å². The van der Waals surface area contributed by atoms with Crippen LogP contribution in [0.1, 0.15) is 6.42 Å². The van der Waals surface area contributed by atoms with E-state index in [0.29, 0.717) is 13.0 Å². The molecule has 0 aliphatic rings. The topological polar surface area (TPSA) is 34.9 Å². The van der Waals surface area contributed by atoms with Crippen LogP contribution in [0.2, 0.25) is 0 Å². The summed E-state index contributed by atoms with van der Waals surface area (Å²) in [6.07, 6.45) is 3.25. The lowest BCUT2D eigenvalue weighted by Gasteiger charge is -1.98. The third-order valence-corrected chi connectivity index (χ3v) is 2.01. The first-order chi connectivity index (χ1) is 6.42. The molecular formula is C10H10N2O. The molecular weight excluding hydrogens is 164 g/mol. The zero-order valence-corrected chi connectivity index (χ0v) is 7.18. The highest BCUT2D eigenvalue weighted by Gasteiger charge is 1.99. The van der Waals surface area contributed by atoms with Gasteiger partial charge in [-0.3, -0.25) is 4.68 Å². The Hall–Kier alpha value is -1.64. The fraction of sp³-hybridized carbons (Fsp3) is 0.200. The molecule has 0 bridgehead atoms. The van der Waals surface area contributed by atoms with Crippen molar-refractivity contribution in [3.63, 3.8) is 0 Å². The molecule has 2 aromatic rings. The minimum atomic E-state index is 0.520. The van der Waals surface area contributed by atoms with E-state index in [0.717, 1.165) is 17.2 Å². The first-order valence-electron chi connectivity index (χ1n) is 4.26. The van der Waals surface area contributed by atoms with Gasteiger partial charge in [-0.15, -0.1) is 0 Å².